The van der Waals surface area contributed by atoms with Gasteiger partial charge >= 0.3 is 6.18 Å². The number of aliphatic hydroxyl groups is 1. The Kier molecular flexibility index (Phi) is 10.7. The number of nitrogens with zero attached hydrogens (tertiary/aromatic N) is 1. The number of nitrogens with two attached hydrogens (primary N) is 1. The van der Waals surface area contributed by atoms with E-state index in [0.717, 1.165) is 18.7 Å². The number of rotatable bonds is 8. The molecule has 3 N–H and O–H groups in total. The molecular weight excluding hydrogens is 448 g/mol. The molecule has 1 unspecified atom stereocenters. The van der Waals surface area contributed by atoms with Gasteiger partial charge in [0.2, 0.25) is 0 Å². The zero-order valence-corrected chi connectivity index (χ0v) is 19.5. The number of carbonyl (C=O) groups is 1. The largest absolute Gasteiger partial charge is 0.416 e. The van der Waals surface area contributed by atoms with Gasteiger partial charge in [-0.25, -0.2) is 4.39 Å². The van der Waals surface area contributed by atoms with Crippen LogP contribution in [-0.2, 0) is 11.8 Å². The van der Waals surface area contributed by atoms with Crippen molar-refractivity contribution in [2.24, 2.45) is 5.73 Å². The molecular formula is C26H34F4N2O2. The zero-order valence-electron chi connectivity index (χ0n) is 19.5. The van der Waals surface area contributed by atoms with Crippen molar-refractivity contribution in [1.29, 1.82) is 0 Å². The molecule has 0 radical (unpaired) electrons. The highest BCUT2D eigenvalue weighted by atomic mass is 19.4. The van der Waals surface area contributed by atoms with E-state index < -0.39 is 23.6 Å². The summed E-state index contributed by atoms with van der Waals surface area (Å²) in [6.07, 6.45) is -3.08. The molecule has 0 aromatic heterocycles. The highest BCUT2D eigenvalue weighted by Crippen LogP contribution is 2.37. The average molecular weight is 483 g/mol. The van der Waals surface area contributed by atoms with Crippen LogP contribution in [0.15, 0.2) is 54.6 Å². The number of piperidine rings is 1. The van der Waals surface area contributed by atoms with Gasteiger partial charge in [0.15, 0.2) is 12.1 Å². The molecule has 188 valence electrons. The molecule has 34 heavy (non-hydrogen) atoms. The molecule has 1 aliphatic rings. The Morgan fingerprint density at radius 1 is 1.12 bits per heavy atom. The summed E-state index contributed by atoms with van der Waals surface area (Å²) < 4.78 is 53.4. The fourth-order valence-corrected chi connectivity index (χ4v) is 3.85. The minimum absolute atomic E-state index is 0.0374. The van der Waals surface area contributed by atoms with Gasteiger partial charge in [0.25, 0.3) is 0 Å². The fourth-order valence-electron chi connectivity index (χ4n) is 3.85. The molecule has 0 aliphatic carbocycles. The summed E-state index contributed by atoms with van der Waals surface area (Å²) >= 11 is 0. The minimum atomic E-state index is -4.48. The second-order valence-electron chi connectivity index (χ2n) is 8.55. The van der Waals surface area contributed by atoms with Crippen LogP contribution in [0.4, 0.5) is 17.6 Å². The lowest BCUT2D eigenvalue weighted by Gasteiger charge is -2.40. The van der Waals surface area contributed by atoms with Crippen molar-refractivity contribution < 1.29 is 27.5 Å². The van der Waals surface area contributed by atoms with Crippen molar-refractivity contribution in [3.63, 3.8) is 0 Å². The van der Waals surface area contributed by atoms with Gasteiger partial charge < -0.3 is 10.8 Å². The number of unbranched alkanes of at least 4 members (excludes halogenated alkanes) is 1. The zero-order chi connectivity index (χ0) is 25.2. The highest BCUT2D eigenvalue weighted by Gasteiger charge is 2.38. The molecule has 1 fully saturated rings. The van der Waals surface area contributed by atoms with Crippen LogP contribution in [0, 0.1) is 0 Å². The smallest absolute Gasteiger partial charge is 0.385 e. The van der Waals surface area contributed by atoms with Crippen LogP contribution in [0.25, 0.3) is 0 Å². The van der Waals surface area contributed by atoms with E-state index in [1.807, 2.05) is 0 Å². The Morgan fingerprint density at radius 2 is 1.76 bits per heavy atom. The maximum atomic E-state index is 14.6. The quantitative estimate of drug-likeness (QED) is 0.288. The van der Waals surface area contributed by atoms with Gasteiger partial charge in [-0.1, -0.05) is 55.8 Å². The lowest BCUT2D eigenvalue weighted by atomic mass is 9.83. The maximum Gasteiger partial charge on any atom is 0.416 e. The van der Waals surface area contributed by atoms with Crippen molar-refractivity contribution in [2.45, 2.75) is 63.5 Å². The predicted octanol–water partition coefficient (Wildman–Crippen LogP) is 5.69. The van der Waals surface area contributed by atoms with Gasteiger partial charge in [-0.2, -0.15) is 13.2 Å². The number of likely N-dealkylation sites (tertiary alicyclic amines) is 1. The number of ketones is 1. The monoisotopic (exact) mass is 482 g/mol. The third kappa shape index (κ3) is 8.18. The molecule has 1 saturated heterocycles. The first-order valence-corrected chi connectivity index (χ1v) is 11.7. The molecule has 0 saturated carbocycles. The van der Waals surface area contributed by atoms with Gasteiger partial charge in [0.1, 0.15) is 0 Å². The SMILES string of the molecule is CCCCN.O=C(CCC(F)N1CCC(O)(c2cccc(C(F)(F)F)c2)CC1)c1ccccc1. The summed E-state index contributed by atoms with van der Waals surface area (Å²) in [5, 5.41) is 10.8. The number of halogens is 4. The van der Waals surface area contributed by atoms with Crippen molar-refractivity contribution in [2.75, 3.05) is 19.6 Å². The third-order valence-corrected chi connectivity index (χ3v) is 6.01. The van der Waals surface area contributed by atoms with Crippen LogP contribution in [0.5, 0.6) is 0 Å². The van der Waals surface area contributed by atoms with Crippen LogP contribution in [-0.4, -0.2) is 41.7 Å². The number of alkyl halides is 4. The number of benzene rings is 2. The van der Waals surface area contributed by atoms with Crippen LogP contribution in [0.1, 0.15) is 66.9 Å². The maximum absolute atomic E-state index is 14.6. The molecule has 8 heteroatoms. The molecule has 4 nitrogen and oxygen atoms in total. The van der Waals surface area contributed by atoms with Gasteiger partial charge in [0.05, 0.1) is 11.2 Å². The first-order chi connectivity index (χ1) is 16.1. The topological polar surface area (TPSA) is 66.6 Å². The van der Waals surface area contributed by atoms with E-state index in [9.17, 15) is 27.5 Å². The van der Waals surface area contributed by atoms with Gasteiger partial charge in [-0.15, -0.1) is 0 Å². The summed E-state index contributed by atoms with van der Waals surface area (Å²) in [6.45, 7) is 3.38. The molecule has 1 atom stereocenters. The molecule has 1 heterocycles. The van der Waals surface area contributed by atoms with E-state index in [-0.39, 0.29) is 50.1 Å². The summed E-state index contributed by atoms with van der Waals surface area (Å²) in [5.41, 5.74) is 3.64. The summed E-state index contributed by atoms with van der Waals surface area (Å²) in [7, 11) is 0. The van der Waals surface area contributed by atoms with Crippen LogP contribution >= 0.6 is 0 Å². The molecule has 3 rings (SSSR count). The normalized spacial score (nSPS) is 16.9. The fraction of sp³-hybridized carbons (Fsp3) is 0.500. The van der Waals surface area contributed by atoms with Gasteiger partial charge in [-0.05, 0) is 49.9 Å². The Labute approximate surface area is 198 Å². The molecule has 0 bridgehead atoms. The lowest BCUT2D eigenvalue weighted by Crippen LogP contribution is -2.45. The minimum Gasteiger partial charge on any atom is -0.385 e. The Morgan fingerprint density at radius 3 is 2.29 bits per heavy atom. The summed E-state index contributed by atoms with van der Waals surface area (Å²) in [6, 6.07) is 13.3. The van der Waals surface area contributed by atoms with Crippen molar-refractivity contribution >= 4 is 5.78 Å². The summed E-state index contributed by atoms with van der Waals surface area (Å²) in [5.74, 6) is -0.134. The Hall–Kier alpha value is -2.29. The van der Waals surface area contributed by atoms with Gasteiger partial charge in [-0.3, -0.25) is 9.69 Å². The second kappa shape index (κ2) is 13.0. The van der Waals surface area contributed by atoms with Crippen LogP contribution in [0.2, 0.25) is 0 Å². The number of hydrogen-bond donors (Lipinski definition) is 2. The average Bonchev–Trinajstić information content (AvgIpc) is 2.84. The van der Waals surface area contributed by atoms with Crippen molar-refractivity contribution in [3.05, 3.63) is 71.3 Å². The summed E-state index contributed by atoms with van der Waals surface area (Å²) in [4.78, 5) is 13.6. The Balaban J connectivity index is 0.000000739. The highest BCUT2D eigenvalue weighted by molar-refractivity contribution is 5.95. The number of Topliss-reactive ketones (excluding diaryl/α,β-unsaturated/α-hetero) is 1. The molecule has 2 aromatic carbocycles. The van der Waals surface area contributed by atoms with E-state index in [0.29, 0.717) is 5.56 Å². The van der Waals surface area contributed by atoms with Crippen molar-refractivity contribution in [3.8, 4) is 0 Å². The van der Waals surface area contributed by atoms with Crippen molar-refractivity contribution in [1.82, 2.24) is 4.90 Å². The first kappa shape index (κ1) is 28.0. The third-order valence-electron chi connectivity index (χ3n) is 6.01. The van der Waals surface area contributed by atoms with Crippen LogP contribution in [0.3, 0.4) is 0 Å². The van der Waals surface area contributed by atoms with E-state index in [1.165, 1.54) is 29.9 Å². The molecule has 1 aliphatic heterocycles. The van der Waals surface area contributed by atoms with Crippen LogP contribution < -0.4 is 5.73 Å². The number of hydrogen-bond acceptors (Lipinski definition) is 4. The first-order valence-electron chi connectivity index (χ1n) is 11.7. The predicted molar refractivity (Wildman–Crippen MR) is 125 cm³/mol. The molecule has 0 amide bonds. The second-order valence-corrected chi connectivity index (χ2v) is 8.55. The standard InChI is InChI=1S/C22H23F4NO2.C4H11N/c23-20(10-9-19(28)16-5-2-1-3-6-16)27-13-11-21(29,12-14-27)17-7-4-8-18(15-17)22(24,25)26;1-2-3-4-5/h1-8,15,20,29H,9-14H2;2-5H2,1H3. The van der Waals surface area contributed by atoms with E-state index in [1.54, 1.807) is 30.3 Å². The molecule has 2 aromatic rings. The Bertz CT molecular complexity index is 880. The van der Waals surface area contributed by atoms with E-state index in [4.69, 9.17) is 5.73 Å². The molecule has 0 spiro atoms. The van der Waals surface area contributed by atoms with E-state index >= 15 is 0 Å². The number of carbonyl (C=O) groups excluding carboxylic acids is 1. The van der Waals surface area contributed by atoms with Gasteiger partial charge in [0, 0.05) is 25.1 Å². The van der Waals surface area contributed by atoms with E-state index in [2.05, 4.69) is 6.92 Å². The lowest BCUT2D eigenvalue weighted by molar-refractivity contribution is -0.137.